The fourth-order valence-corrected chi connectivity index (χ4v) is 3.45. The van der Waals surface area contributed by atoms with E-state index in [2.05, 4.69) is 10.4 Å². The third-order valence-electron chi connectivity index (χ3n) is 5.14. The van der Waals surface area contributed by atoms with Crippen molar-refractivity contribution in [3.63, 3.8) is 0 Å². The van der Waals surface area contributed by atoms with Crippen molar-refractivity contribution in [2.45, 2.75) is 40.2 Å². The van der Waals surface area contributed by atoms with Crippen molar-refractivity contribution in [3.8, 4) is 5.75 Å². The molecule has 5 nitrogen and oxygen atoms in total. The maximum atomic E-state index is 13.3. The standard InChI is InChI=1S/C23H26FN3O2/c1-14-11-20(29-13-18-7-6-8-19(24)12-18)9-10-21(14)25-23(28)15(2)22-16(3)26-27(5)17(22)4/h6-12,15H,13H2,1-5H3,(H,25,28). The van der Waals surface area contributed by atoms with Crippen LogP contribution in [0.1, 0.15) is 40.9 Å². The minimum atomic E-state index is -0.313. The van der Waals surface area contributed by atoms with Gasteiger partial charge < -0.3 is 10.1 Å². The topological polar surface area (TPSA) is 56.1 Å². The lowest BCUT2D eigenvalue weighted by Crippen LogP contribution is -2.20. The van der Waals surface area contributed by atoms with Crippen LogP contribution in [-0.2, 0) is 18.4 Å². The molecular formula is C23H26FN3O2. The van der Waals surface area contributed by atoms with Gasteiger partial charge in [-0.1, -0.05) is 12.1 Å². The number of carbonyl (C=O) groups is 1. The number of hydrogen-bond acceptors (Lipinski definition) is 3. The van der Waals surface area contributed by atoms with Crippen LogP contribution in [0.4, 0.5) is 10.1 Å². The van der Waals surface area contributed by atoms with Gasteiger partial charge in [-0.2, -0.15) is 5.10 Å². The third-order valence-corrected chi connectivity index (χ3v) is 5.14. The Labute approximate surface area is 170 Å². The van der Waals surface area contributed by atoms with Crippen molar-refractivity contribution < 1.29 is 13.9 Å². The van der Waals surface area contributed by atoms with Crippen molar-refractivity contribution in [2.75, 3.05) is 5.32 Å². The zero-order chi connectivity index (χ0) is 21.1. The van der Waals surface area contributed by atoms with Gasteiger partial charge in [0, 0.05) is 24.0 Å². The first-order valence-electron chi connectivity index (χ1n) is 9.55. The Balaban J connectivity index is 1.67. The number of aromatic nitrogens is 2. The molecule has 152 valence electrons. The first-order chi connectivity index (χ1) is 13.8. The first-order valence-corrected chi connectivity index (χ1v) is 9.55. The number of carbonyl (C=O) groups excluding carboxylic acids is 1. The largest absolute Gasteiger partial charge is 0.489 e. The number of anilines is 1. The van der Waals surface area contributed by atoms with E-state index in [1.807, 2.05) is 52.9 Å². The third kappa shape index (κ3) is 4.65. The minimum Gasteiger partial charge on any atom is -0.489 e. The first kappa shape index (κ1) is 20.6. The highest BCUT2D eigenvalue weighted by Crippen LogP contribution is 2.27. The molecule has 0 saturated carbocycles. The lowest BCUT2D eigenvalue weighted by atomic mass is 9.98. The summed E-state index contributed by atoms with van der Waals surface area (Å²) in [6.45, 7) is 7.96. The summed E-state index contributed by atoms with van der Waals surface area (Å²) in [5.41, 5.74) is 5.20. The number of hydrogen-bond donors (Lipinski definition) is 1. The number of halogens is 1. The molecule has 0 spiro atoms. The second-order valence-electron chi connectivity index (χ2n) is 7.31. The van der Waals surface area contributed by atoms with Gasteiger partial charge in [0.2, 0.25) is 5.91 Å². The minimum absolute atomic E-state index is 0.0827. The Hall–Kier alpha value is -3.15. The lowest BCUT2D eigenvalue weighted by molar-refractivity contribution is -0.117. The van der Waals surface area contributed by atoms with Crippen LogP contribution in [0.15, 0.2) is 42.5 Å². The second-order valence-corrected chi connectivity index (χ2v) is 7.31. The number of aryl methyl sites for hydroxylation is 3. The predicted molar refractivity (Wildman–Crippen MR) is 112 cm³/mol. The number of benzene rings is 2. The summed E-state index contributed by atoms with van der Waals surface area (Å²) in [6.07, 6.45) is 0. The van der Waals surface area contributed by atoms with Crippen molar-refractivity contribution >= 4 is 11.6 Å². The molecule has 1 heterocycles. The average Bonchev–Trinajstić information content (AvgIpc) is 2.93. The lowest BCUT2D eigenvalue weighted by Gasteiger charge is -2.15. The normalized spacial score (nSPS) is 11.9. The fourth-order valence-electron chi connectivity index (χ4n) is 3.45. The molecule has 0 aliphatic heterocycles. The zero-order valence-electron chi connectivity index (χ0n) is 17.4. The van der Waals surface area contributed by atoms with Crippen LogP contribution < -0.4 is 10.1 Å². The van der Waals surface area contributed by atoms with E-state index in [4.69, 9.17) is 4.74 Å². The van der Waals surface area contributed by atoms with Crippen molar-refractivity contribution in [1.29, 1.82) is 0 Å². The summed E-state index contributed by atoms with van der Waals surface area (Å²) < 4.78 is 20.8. The van der Waals surface area contributed by atoms with E-state index in [0.717, 1.165) is 33.8 Å². The number of nitrogens with one attached hydrogen (secondary N) is 1. The second kappa shape index (κ2) is 8.47. The summed E-state index contributed by atoms with van der Waals surface area (Å²) in [5.74, 6) is -0.0157. The predicted octanol–water partition coefficient (Wildman–Crippen LogP) is 4.81. The molecule has 1 N–H and O–H groups in total. The molecule has 3 aromatic rings. The fraction of sp³-hybridized carbons (Fsp3) is 0.304. The maximum Gasteiger partial charge on any atom is 0.231 e. The molecule has 1 atom stereocenters. The summed E-state index contributed by atoms with van der Waals surface area (Å²) >= 11 is 0. The molecule has 0 saturated heterocycles. The van der Waals surface area contributed by atoms with Crippen LogP contribution in [-0.4, -0.2) is 15.7 Å². The van der Waals surface area contributed by atoms with Crippen molar-refractivity contribution in [1.82, 2.24) is 9.78 Å². The Bertz CT molecular complexity index is 1040. The van der Waals surface area contributed by atoms with E-state index in [-0.39, 0.29) is 24.2 Å². The number of amides is 1. The summed E-state index contributed by atoms with van der Waals surface area (Å²) in [7, 11) is 1.88. The number of nitrogens with zero attached hydrogens (tertiary/aromatic N) is 2. The van der Waals surface area contributed by atoms with Gasteiger partial charge in [0.15, 0.2) is 0 Å². The van der Waals surface area contributed by atoms with Gasteiger partial charge in [-0.25, -0.2) is 4.39 Å². The summed E-state index contributed by atoms with van der Waals surface area (Å²) in [5, 5.41) is 7.40. The van der Waals surface area contributed by atoms with Crippen LogP contribution in [0.25, 0.3) is 0 Å². The Morgan fingerprint density at radius 2 is 1.97 bits per heavy atom. The van der Waals surface area contributed by atoms with Crippen LogP contribution in [0.3, 0.4) is 0 Å². The van der Waals surface area contributed by atoms with Gasteiger partial charge in [0.1, 0.15) is 18.2 Å². The number of rotatable bonds is 6. The summed E-state index contributed by atoms with van der Waals surface area (Å²) in [6, 6.07) is 11.8. The highest BCUT2D eigenvalue weighted by Gasteiger charge is 2.23. The van der Waals surface area contributed by atoms with Gasteiger partial charge in [0.05, 0.1) is 11.6 Å². The van der Waals surface area contributed by atoms with E-state index in [1.54, 1.807) is 16.8 Å². The van der Waals surface area contributed by atoms with Gasteiger partial charge in [-0.3, -0.25) is 9.48 Å². The van der Waals surface area contributed by atoms with Gasteiger partial charge in [-0.15, -0.1) is 0 Å². The molecule has 0 fully saturated rings. The van der Waals surface area contributed by atoms with E-state index in [9.17, 15) is 9.18 Å². The molecular weight excluding hydrogens is 369 g/mol. The van der Waals surface area contributed by atoms with Crippen LogP contribution in [0, 0.1) is 26.6 Å². The van der Waals surface area contributed by atoms with Crippen molar-refractivity contribution in [2.24, 2.45) is 7.05 Å². The van der Waals surface area contributed by atoms with Gasteiger partial charge >= 0.3 is 0 Å². The highest BCUT2D eigenvalue weighted by atomic mass is 19.1. The quantitative estimate of drug-likeness (QED) is 0.652. The molecule has 2 aromatic carbocycles. The molecule has 0 bridgehead atoms. The zero-order valence-corrected chi connectivity index (χ0v) is 17.4. The van der Waals surface area contributed by atoms with Crippen LogP contribution >= 0.6 is 0 Å². The highest BCUT2D eigenvalue weighted by molar-refractivity contribution is 5.96. The molecule has 3 rings (SSSR count). The van der Waals surface area contributed by atoms with Crippen LogP contribution in [0.2, 0.25) is 0 Å². The Morgan fingerprint density at radius 1 is 1.21 bits per heavy atom. The number of ether oxygens (including phenoxy) is 1. The molecule has 1 aromatic heterocycles. The van der Waals surface area contributed by atoms with Crippen LogP contribution in [0.5, 0.6) is 5.75 Å². The molecule has 1 amide bonds. The molecule has 6 heteroatoms. The van der Waals surface area contributed by atoms with E-state index in [1.165, 1.54) is 12.1 Å². The molecule has 0 radical (unpaired) electrons. The summed E-state index contributed by atoms with van der Waals surface area (Å²) in [4.78, 5) is 12.8. The van der Waals surface area contributed by atoms with E-state index >= 15 is 0 Å². The van der Waals surface area contributed by atoms with Gasteiger partial charge in [-0.05, 0) is 69.2 Å². The molecule has 0 aliphatic rings. The van der Waals surface area contributed by atoms with E-state index in [0.29, 0.717) is 5.75 Å². The monoisotopic (exact) mass is 395 g/mol. The Kier molecular flexibility index (Phi) is 6.01. The average molecular weight is 395 g/mol. The molecule has 29 heavy (non-hydrogen) atoms. The molecule has 1 unspecified atom stereocenters. The maximum absolute atomic E-state index is 13.3. The molecule has 0 aliphatic carbocycles. The smallest absolute Gasteiger partial charge is 0.231 e. The van der Waals surface area contributed by atoms with E-state index < -0.39 is 0 Å². The SMILES string of the molecule is Cc1cc(OCc2cccc(F)c2)ccc1NC(=O)C(C)c1c(C)nn(C)c1C. The Morgan fingerprint density at radius 3 is 2.59 bits per heavy atom. The van der Waals surface area contributed by atoms with Crippen molar-refractivity contribution in [3.05, 3.63) is 76.4 Å². The van der Waals surface area contributed by atoms with Gasteiger partial charge in [0.25, 0.3) is 0 Å².